The molecule has 0 spiro atoms. The number of nitrogens with one attached hydrogen (secondary N) is 1. The summed E-state index contributed by atoms with van der Waals surface area (Å²) in [6, 6.07) is 9.40. The number of morpholine rings is 1. The van der Waals surface area contributed by atoms with E-state index in [1.54, 1.807) is 24.3 Å². The lowest BCUT2D eigenvalue weighted by molar-refractivity contribution is 0.0877. The van der Waals surface area contributed by atoms with Crippen molar-refractivity contribution in [1.29, 1.82) is 0 Å². The second-order valence-electron chi connectivity index (χ2n) is 10.9. The fraction of sp³-hybridized carbons (Fsp3) is 0.607. The van der Waals surface area contributed by atoms with Crippen molar-refractivity contribution in [2.75, 3.05) is 56.2 Å². The van der Waals surface area contributed by atoms with Gasteiger partial charge in [-0.1, -0.05) is 12.1 Å². The standard InChI is InChI=1S/C28H36F3N7O/c29-20-5-7-21(8-6-20)36-11-9-19(10-12-36)18-32-28-34-24(37-13-15-39-16-14-37)17-25(35-28)38-23-4-2-1-3-22(23)33-27(38)26(30)31/h1-4,17,19-21,26H,5-16,18H2,(H,32,34,35). The molecule has 3 aliphatic rings. The fourth-order valence-electron chi connectivity index (χ4n) is 6.16. The zero-order valence-corrected chi connectivity index (χ0v) is 22.1. The summed E-state index contributed by atoms with van der Waals surface area (Å²) in [6.45, 7) is 5.27. The smallest absolute Gasteiger partial charge is 0.296 e. The van der Waals surface area contributed by atoms with Crippen LogP contribution in [0.2, 0.25) is 0 Å². The van der Waals surface area contributed by atoms with Gasteiger partial charge in [0.2, 0.25) is 5.95 Å². The molecule has 2 aromatic heterocycles. The van der Waals surface area contributed by atoms with Crippen LogP contribution in [0.3, 0.4) is 0 Å². The monoisotopic (exact) mass is 543 g/mol. The van der Waals surface area contributed by atoms with Crippen LogP contribution >= 0.6 is 0 Å². The topological polar surface area (TPSA) is 71.3 Å². The predicted octanol–water partition coefficient (Wildman–Crippen LogP) is 4.99. The molecule has 1 saturated carbocycles. The van der Waals surface area contributed by atoms with Gasteiger partial charge in [0.15, 0.2) is 5.82 Å². The van der Waals surface area contributed by atoms with E-state index in [0.29, 0.717) is 86.3 Å². The highest BCUT2D eigenvalue weighted by Crippen LogP contribution is 2.31. The molecular weight excluding hydrogens is 507 g/mol. The summed E-state index contributed by atoms with van der Waals surface area (Å²) in [7, 11) is 0. The number of para-hydroxylation sites is 2. The van der Waals surface area contributed by atoms with Crippen LogP contribution in [0.15, 0.2) is 30.3 Å². The molecule has 210 valence electrons. The van der Waals surface area contributed by atoms with Crippen LogP contribution in [0.4, 0.5) is 24.9 Å². The Kier molecular flexibility index (Phi) is 7.87. The molecule has 2 aliphatic heterocycles. The Morgan fingerprint density at radius 1 is 0.897 bits per heavy atom. The van der Waals surface area contributed by atoms with Crippen LogP contribution in [-0.2, 0) is 4.74 Å². The Balaban J connectivity index is 1.21. The highest BCUT2D eigenvalue weighted by Gasteiger charge is 2.29. The van der Waals surface area contributed by atoms with E-state index in [-0.39, 0.29) is 5.82 Å². The molecule has 6 rings (SSSR count). The molecule has 39 heavy (non-hydrogen) atoms. The van der Waals surface area contributed by atoms with Crippen LogP contribution in [0.1, 0.15) is 50.8 Å². The van der Waals surface area contributed by atoms with Crippen LogP contribution in [-0.4, -0.2) is 82.6 Å². The van der Waals surface area contributed by atoms with Gasteiger partial charge >= 0.3 is 0 Å². The van der Waals surface area contributed by atoms with Gasteiger partial charge < -0.3 is 19.9 Å². The third-order valence-corrected chi connectivity index (χ3v) is 8.39. The second-order valence-corrected chi connectivity index (χ2v) is 10.9. The molecule has 11 heteroatoms. The third-order valence-electron chi connectivity index (χ3n) is 8.39. The average molecular weight is 544 g/mol. The molecule has 1 aliphatic carbocycles. The molecule has 4 heterocycles. The molecule has 1 aromatic carbocycles. The summed E-state index contributed by atoms with van der Waals surface area (Å²) >= 11 is 0. The molecule has 8 nitrogen and oxygen atoms in total. The molecule has 3 fully saturated rings. The maximum Gasteiger partial charge on any atom is 0.296 e. The fourth-order valence-corrected chi connectivity index (χ4v) is 6.16. The van der Waals surface area contributed by atoms with Crippen molar-refractivity contribution in [2.24, 2.45) is 5.92 Å². The lowest BCUT2D eigenvalue weighted by atomic mass is 9.89. The van der Waals surface area contributed by atoms with Crippen LogP contribution in [0.25, 0.3) is 16.9 Å². The maximum atomic E-state index is 14.1. The number of hydrogen-bond donors (Lipinski definition) is 1. The largest absolute Gasteiger partial charge is 0.378 e. The lowest BCUT2D eigenvalue weighted by Crippen LogP contribution is -2.44. The van der Waals surface area contributed by atoms with E-state index in [2.05, 4.69) is 20.1 Å². The van der Waals surface area contributed by atoms with Gasteiger partial charge in [0.25, 0.3) is 6.43 Å². The number of fused-ring (bicyclic) bond motifs is 1. The summed E-state index contributed by atoms with van der Waals surface area (Å²) in [5.41, 5.74) is 1.08. The van der Waals surface area contributed by atoms with Gasteiger partial charge in [0, 0.05) is 31.7 Å². The van der Waals surface area contributed by atoms with E-state index in [1.807, 2.05) is 6.07 Å². The summed E-state index contributed by atoms with van der Waals surface area (Å²) in [5.74, 6) is 1.61. The first-order valence-corrected chi connectivity index (χ1v) is 14.1. The van der Waals surface area contributed by atoms with Crippen molar-refractivity contribution < 1.29 is 17.9 Å². The van der Waals surface area contributed by atoms with Gasteiger partial charge in [-0.3, -0.25) is 4.57 Å². The Labute approximate surface area is 226 Å². The number of ether oxygens (including phenoxy) is 1. The van der Waals surface area contributed by atoms with Crippen LogP contribution in [0, 0.1) is 5.92 Å². The number of nitrogens with zero attached hydrogens (tertiary/aromatic N) is 6. The number of benzene rings is 1. The number of halogens is 3. The molecule has 0 atom stereocenters. The van der Waals surface area contributed by atoms with E-state index >= 15 is 0 Å². The second kappa shape index (κ2) is 11.7. The average Bonchev–Trinajstić information content (AvgIpc) is 3.37. The number of imidazole rings is 1. The van der Waals surface area contributed by atoms with Gasteiger partial charge in [0.1, 0.15) is 17.8 Å². The van der Waals surface area contributed by atoms with Gasteiger partial charge in [0.05, 0.1) is 24.2 Å². The summed E-state index contributed by atoms with van der Waals surface area (Å²) < 4.78 is 48.7. The Bertz CT molecular complexity index is 1250. The van der Waals surface area contributed by atoms with Crippen LogP contribution < -0.4 is 10.2 Å². The Morgan fingerprint density at radius 2 is 1.62 bits per heavy atom. The highest BCUT2D eigenvalue weighted by molar-refractivity contribution is 5.78. The van der Waals surface area contributed by atoms with E-state index < -0.39 is 12.6 Å². The minimum atomic E-state index is -2.75. The van der Waals surface area contributed by atoms with Gasteiger partial charge in [-0.25, -0.2) is 18.2 Å². The van der Waals surface area contributed by atoms with Crippen molar-refractivity contribution in [2.45, 2.75) is 57.2 Å². The van der Waals surface area contributed by atoms with Crippen molar-refractivity contribution >= 4 is 22.8 Å². The zero-order chi connectivity index (χ0) is 26.8. The number of alkyl halides is 3. The molecule has 2 saturated heterocycles. The maximum absolute atomic E-state index is 14.1. The third kappa shape index (κ3) is 5.84. The first kappa shape index (κ1) is 26.3. The lowest BCUT2D eigenvalue weighted by Gasteiger charge is -2.39. The summed E-state index contributed by atoms with van der Waals surface area (Å²) in [4.78, 5) is 18.3. The summed E-state index contributed by atoms with van der Waals surface area (Å²) in [5, 5.41) is 3.42. The van der Waals surface area contributed by atoms with Crippen molar-refractivity contribution in [1.82, 2.24) is 24.4 Å². The SMILES string of the molecule is FC1CCC(N2CCC(CNc3nc(N4CCOCC4)cc(-n4c(C(F)F)nc5ccccc54)n3)CC2)CC1. The number of rotatable bonds is 7. The van der Waals surface area contributed by atoms with Crippen molar-refractivity contribution in [3.05, 3.63) is 36.2 Å². The van der Waals surface area contributed by atoms with E-state index in [4.69, 9.17) is 14.7 Å². The molecule has 0 unspecified atom stereocenters. The van der Waals surface area contributed by atoms with Gasteiger partial charge in [-0.05, 0) is 69.7 Å². The minimum Gasteiger partial charge on any atom is -0.378 e. The number of piperidine rings is 1. The number of anilines is 2. The minimum absolute atomic E-state index is 0.331. The number of likely N-dealkylation sites (tertiary alicyclic amines) is 1. The molecule has 0 amide bonds. The molecular formula is C28H36F3N7O. The number of hydrogen-bond acceptors (Lipinski definition) is 7. The van der Waals surface area contributed by atoms with Gasteiger partial charge in [-0.15, -0.1) is 0 Å². The van der Waals surface area contributed by atoms with Crippen molar-refractivity contribution in [3.8, 4) is 5.82 Å². The van der Waals surface area contributed by atoms with Crippen molar-refractivity contribution in [3.63, 3.8) is 0 Å². The molecule has 0 radical (unpaired) electrons. The molecule has 0 bridgehead atoms. The first-order chi connectivity index (χ1) is 19.0. The summed E-state index contributed by atoms with van der Waals surface area (Å²) in [6.07, 6.45) is 2.02. The highest BCUT2D eigenvalue weighted by atomic mass is 19.3. The van der Waals surface area contributed by atoms with Gasteiger partial charge in [-0.2, -0.15) is 9.97 Å². The first-order valence-electron chi connectivity index (χ1n) is 14.1. The van der Waals surface area contributed by atoms with E-state index in [1.165, 1.54) is 4.57 Å². The molecule has 3 aromatic rings. The van der Waals surface area contributed by atoms with Crippen LogP contribution in [0.5, 0.6) is 0 Å². The normalized spacial score (nSPS) is 23.5. The molecule has 1 N–H and O–H groups in total. The predicted molar refractivity (Wildman–Crippen MR) is 145 cm³/mol. The van der Waals surface area contributed by atoms with E-state index in [9.17, 15) is 13.2 Å². The Morgan fingerprint density at radius 3 is 2.36 bits per heavy atom. The van der Waals surface area contributed by atoms with E-state index in [0.717, 1.165) is 38.8 Å². The zero-order valence-electron chi connectivity index (χ0n) is 22.1. The quantitative estimate of drug-likeness (QED) is 0.450. The number of aromatic nitrogens is 4. The Hall–Kier alpha value is -2.92.